The van der Waals surface area contributed by atoms with Crippen LogP contribution in [0.3, 0.4) is 0 Å². The fourth-order valence-corrected chi connectivity index (χ4v) is 2.02. The Morgan fingerprint density at radius 3 is 2.08 bits per heavy atom. The third kappa shape index (κ3) is 18.2. The maximum absolute atomic E-state index is 10.3. The number of hydrogen-bond donors (Lipinski definition) is 2. The lowest BCUT2D eigenvalue weighted by atomic mass is 10.0. The molecule has 0 radical (unpaired) electrons. The minimum atomic E-state index is -0.827. The first-order valence-corrected chi connectivity index (χ1v) is 9.36. The van der Waals surface area contributed by atoms with Crippen molar-refractivity contribution in [3.63, 3.8) is 0 Å². The summed E-state index contributed by atoms with van der Waals surface area (Å²) in [6.07, 6.45) is 29.0. The van der Waals surface area contributed by atoms with E-state index >= 15 is 0 Å². The molecule has 0 fully saturated rings. The fourth-order valence-electron chi connectivity index (χ4n) is 2.02. The number of carboxylic acids is 1. The lowest BCUT2D eigenvalue weighted by Crippen LogP contribution is -2.18. The van der Waals surface area contributed by atoms with Gasteiger partial charge in [-0.1, -0.05) is 79.8 Å². The van der Waals surface area contributed by atoms with Gasteiger partial charge in [-0.3, -0.25) is 4.79 Å². The summed E-state index contributed by atoms with van der Waals surface area (Å²) < 4.78 is 0. The Balaban J connectivity index is 3.91. The summed E-state index contributed by atoms with van der Waals surface area (Å²) in [7, 11) is 0. The zero-order valence-corrected chi connectivity index (χ0v) is 16.2. The Hall–Kier alpha value is -2.13. The van der Waals surface area contributed by atoms with E-state index < -0.39 is 11.6 Å². The van der Waals surface area contributed by atoms with Gasteiger partial charge >= 0.3 is 5.97 Å². The van der Waals surface area contributed by atoms with Crippen molar-refractivity contribution >= 4 is 5.97 Å². The first-order valence-electron chi connectivity index (χ1n) is 9.36. The van der Waals surface area contributed by atoms with E-state index in [9.17, 15) is 9.90 Å². The van der Waals surface area contributed by atoms with Gasteiger partial charge < -0.3 is 10.2 Å². The molecule has 26 heavy (non-hydrogen) atoms. The molecule has 0 saturated carbocycles. The molecule has 2 N–H and O–H groups in total. The number of hydrogen-bond acceptors (Lipinski definition) is 2. The maximum Gasteiger partial charge on any atom is 0.303 e. The summed E-state index contributed by atoms with van der Waals surface area (Å²) in [5.74, 6) is -0.762. The average molecular weight is 359 g/mol. The molecule has 1 unspecified atom stereocenters. The van der Waals surface area contributed by atoms with Crippen LogP contribution >= 0.6 is 0 Å². The largest absolute Gasteiger partial charge is 0.481 e. The molecule has 3 heteroatoms. The molecule has 0 saturated heterocycles. The normalized spacial score (nSPS) is 15.5. The monoisotopic (exact) mass is 358 g/mol. The molecule has 0 aliphatic carbocycles. The van der Waals surface area contributed by atoms with Crippen molar-refractivity contribution < 1.29 is 15.0 Å². The van der Waals surface area contributed by atoms with Crippen LogP contribution in [0.5, 0.6) is 0 Å². The standard InChI is InChI=1S/C23H34O3/c1-3-4-5-6-14-17-20-23(2,26)21-18-15-12-10-8-7-9-11-13-16-19-22(24)25/h4-5,7-8,11-15,17-18,21,26H,3,6,9-10,16,19-20H2,1-2H3,(H,24,25)/b5-4-,8-7-,13-11-,15-12-,17-14-,21-18+. The molecule has 0 heterocycles. The second kappa shape index (κ2) is 16.3. The van der Waals surface area contributed by atoms with Crippen molar-refractivity contribution in [1.82, 2.24) is 0 Å². The van der Waals surface area contributed by atoms with Gasteiger partial charge in [0.05, 0.1) is 5.60 Å². The second-order valence-electron chi connectivity index (χ2n) is 6.28. The van der Waals surface area contributed by atoms with Gasteiger partial charge in [0.25, 0.3) is 0 Å². The lowest BCUT2D eigenvalue weighted by Gasteiger charge is -2.15. The summed E-state index contributed by atoms with van der Waals surface area (Å²) in [5, 5.41) is 18.8. The van der Waals surface area contributed by atoms with Crippen LogP contribution < -0.4 is 0 Å². The number of allylic oxidation sites excluding steroid dienone is 10. The van der Waals surface area contributed by atoms with Crippen molar-refractivity contribution in [2.24, 2.45) is 0 Å². The van der Waals surface area contributed by atoms with E-state index in [1.807, 2.05) is 42.5 Å². The van der Waals surface area contributed by atoms with Gasteiger partial charge in [-0.15, -0.1) is 0 Å². The van der Waals surface area contributed by atoms with Crippen LogP contribution in [0.25, 0.3) is 0 Å². The Kier molecular flexibility index (Phi) is 15.0. The minimum absolute atomic E-state index is 0.185. The third-order valence-corrected chi connectivity index (χ3v) is 3.48. The van der Waals surface area contributed by atoms with Crippen molar-refractivity contribution in [3.05, 3.63) is 72.9 Å². The maximum atomic E-state index is 10.3. The quantitative estimate of drug-likeness (QED) is 0.300. The number of carboxylic acid groups (broad SMARTS) is 1. The first kappa shape index (κ1) is 23.9. The Morgan fingerprint density at radius 1 is 0.846 bits per heavy atom. The van der Waals surface area contributed by atoms with Gasteiger partial charge in [-0.25, -0.2) is 0 Å². The fraction of sp³-hybridized carbons (Fsp3) is 0.435. The van der Waals surface area contributed by atoms with Gasteiger partial charge in [0.15, 0.2) is 0 Å². The average Bonchev–Trinajstić information content (AvgIpc) is 2.58. The molecule has 0 amide bonds. The van der Waals surface area contributed by atoms with Gasteiger partial charge in [0.1, 0.15) is 0 Å². The van der Waals surface area contributed by atoms with Crippen LogP contribution in [0.2, 0.25) is 0 Å². The van der Waals surface area contributed by atoms with Crippen LogP contribution in [-0.2, 0) is 4.79 Å². The van der Waals surface area contributed by atoms with Crippen LogP contribution in [0.1, 0.15) is 58.8 Å². The SMILES string of the molecule is CC/C=C\C/C=C\CC(C)(O)/C=C/C=C\C/C=C\C/C=C\CCC(=O)O. The highest BCUT2D eigenvalue weighted by Gasteiger charge is 2.12. The number of aliphatic carboxylic acids is 1. The number of aliphatic hydroxyl groups is 1. The van der Waals surface area contributed by atoms with Crippen molar-refractivity contribution in [3.8, 4) is 0 Å². The van der Waals surface area contributed by atoms with E-state index in [0.29, 0.717) is 12.8 Å². The van der Waals surface area contributed by atoms with E-state index in [2.05, 4.69) is 37.3 Å². The van der Waals surface area contributed by atoms with Crippen LogP contribution in [0.15, 0.2) is 72.9 Å². The second-order valence-corrected chi connectivity index (χ2v) is 6.28. The van der Waals surface area contributed by atoms with Crippen molar-refractivity contribution in [1.29, 1.82) is 0 Å². The molecule has 0 aromatic heterocycles. The van der Waals surface area contributed by atoms with Gasteiger partial charge in [0, 0.05) is 6.42 Å². The van der Waals surface area contributed by atoms with Crippen molar-refractivity contribution in [2.45, 2.75) is 64.4 Å². The predicted octanol–water partition coefficient (Wildman–Crippen LogP) is 5.91. The molecule has 0 rings (SSSR count). The van der Waals surface area contributed by atoms with E-state index in [1.165, 1.54) is 0 Å². The van der Waals surface area contributed by atoms with E-state index in [1.54, 1.807) is 6.92 Å². The number of rotatable bonds is 14. The van der Waals surface area contributed by atoms with E-state index in [0.717, 1.165) is 25.7 Å². The molecular weight excluding hydrogens is 324 g/mol. The molecular formula is C23H34O3. The predicted molar refractivity (Wildman–Crippen MR) is 111 cm³/mol. The molecule has 0 aliphatic heterocycles. The number of carbonyl (C=O) groups is 1. The summed E-state index contributed by atoms with van der Waals surface area (Å²) >= 11 is 0. The summed E-state index contributed by atoms with van der Waals surface area (Å²) in [4.78, 5) is 10.3. The Labute approximate surface area is 158 Å². The molecule has 3 nitrogen and oxygen atoms in total. The highest BCUT2D eigenvalue weighted by molar-refractivity contribution is 5.66. The van der Waals surface area contributed by atoms with Crippen molar-refractivity contribution in [2.75, 3.05) is 0 Å². The zero-order chi connectivity index (χ0) is 19.5. The first-order chi connectivity index (χ1) is 12.5. The van der Waals surface area contributed by atoms with E-state index in [4.69, 9.17) is 5.11 Å². The molecule has 0 bridgehead atoms. The Bertz CT molecular complexity index is 532. The van der Waals surface area contributed by atoms with Gasteiger partial charge in [-0.2, -0.15) is 0 Å². The van der Waals surface area contributed by atoms with Crippen LogP contribution in [0, 0.1) is 0 Å². The molecule has 0 aliphatic rings. The third-order valence-electron chi connectivity index (χ3n) is 3.48. The van der Waals surface area contributed by atoms with Crippen LogP contribution in [-0.4, -0.2) is 21.8 Å². The summed E-state index contributed by atoms with van der Waals surface area (Å²) in [5.41, 5.74) is -0.827. The van der Waals surface area contributed by atoms with Gasteiger partial charge in [-0.05, 0) is 45.4 Å². The highest BCUT2D eigenvalue weighted by Crippen LogP contribution is 2.12. The van der Waals surface area contributed by atoms with E-state index in [-0.39, 0.29) is 6.42 Å². The zero-order valence-electron chi connectivity index (χ0n) is 16.2. The smallest absolute Gasteiger partial charge is 0.303 e. The molecule has 0 aromatic carbocycles. The summed E-state index contributed by atoms with van der Waals surface area (Å²) in [6, 6.07) is 0. The minimum Gasteiger partial charge on any atom is -0.481 e. The molecule has 144 valence electrons. The Morgan fingerprint density at radius 2 is 1.42 bits per heavy atom. The topological polar surface area (TPSA) is 57.5 Å². The molecule has 0 aromatic rings. The lowest BCUT2D eigenvalue weighted by molar-refractivity contribution is -0.136. The van der Waals surface area contributed by atoms with Gasteiger partial charge in [0.2, 0.25) is 0 Å². The molecule has 1 atom stereocenters. The molecule has 0 spiro atoms. The van der Waals surface area contributed by atoms with Crippen LogP contribution in [0.4, 0.5) is 0 Å². The highest BCUT2D eigenvalue weighted by atomic mass is 16.4. The summed E-state index contributed by atoms with van der Waals surface area (Å²) in [6.45, 7) is 3.92.